The molecule has 3 aromatic rings. The number of nitrogens with zero attached hydrogens (tertiary/aromatic N) is 1. The lowest BCUT2D eigenvalue weighted by atomic mass is 9.99. The van der Waals surface area contributed by atoms with Crippen LogP contribution in [0.2, 0.25) is 0 Å². The molecule has 0 fully saturated rings. The Morgan fingerprint density at radius 2 is 1.58 bits per heavy atom. The van der Waals surface area contributed by atoms with Crippen LogP contribution in [-0.2, 0) is 19.6 Å². The summed E-state index contributed by atoms with van der Waals surface area (Å²) in [6, 6.07) is 10.0. The van der Waals surface area contributed by atoms with Gasteiger partial charge in [0.15, 0.2) is 0 Å². The number of rotatable bonds is 9. The smallest absolute Gasteiger partial charge is 0.337 e. The van der Waals surface area contributed by atoms with Crippen LogP contribution in [0, 0.1) is 34.6 Å². The van der Waals surface area contributed by atoms with Crippen molar-refractivity contribution in [2.45, 2.75) is 54.3 Å². The van der Waals surface area contributed by atoms with Crippen molar-refractivity contribution in [3.8, 4) is 11.5 Å². The van der Waals surface area contributed by atoms with E-state index >= 15 is 0 Å². The van der Waals surface area contributed by atoms with Gasteiger partial charge < -0.3 is 24.5 Å². The second-order valence-corrected chi connectivity index (χ2v) is 8.57. The highest BCUT2D eigenvalue weighted by Crippen LogP contribution is 2.27. The van der Waals surface area contributed by atoms with Crippen LogP contribution in [0.1, 0.15) is 55.1 Å². The molecular formula is C27H34N2O4. The number of hydrogen-bond acceptors (Lipinski definition) is 4. The molecule has 0 amide bonds. The van der Waals surface area contributed by atoms with Crippen LogP contribution < -0.4 is 14.8 Å². The van der Waals surface area contributed by atoms with Gasteiger partial charge in [-0.25, -0.2) is 4.79 Å². The van der Waals surface area contributed by atoms with Gasteiger partial charge in [-0.3, -0.25) is 0 Å². The van der Waals surface area contributed by atoms with Gasteiger partial charge in [0.25, 0.3) is 0 Å². The van der Waals surface area contributed by atoms with Crippen LogP contribution in [-0.4, -0.2) is 29.9 Å². The summed E-state index contributed by atoms with van der Waals surface area (Å²) < 4.78 is 12.9. The zero-order valence-electron chi connectivity index (χ0n) is 20.6. The number of hydrogen-bond donors (Lipinski definition) is 2. The normalized spacial score (nSPS) is 11.0. The molecule has 1 aromatic heterocycles. The van der Waals surface area contributed by atoms with E-state index < -0.39 is 5.97 Å². The number of aromatic carboxylic acids is 1. The SMILES string of the molecule is COc1ccc(OC)c(CNCc2c(C(=O)O)c(C)n(Cc3c(C)cc(C)cc3C)c2C)c1. The van der Waals surface area contributed by atoms with E-state index in [0.717, 1.165) is 34.0 Å². The van der Waals surface area contributed by atoms with Crippen LogP contribution in [0.4, 0.5) is 0 Å². The molecule has 0 radical (unpaired) electrons. The van der Waals surface area contributed by atoms with Crippen LogP contribution in [0.15, 0.2) is 30.3 Å². The van der Waals surface area contributed by atoms with E-state index in [2.05, 4.69) is 42.8 Å². The minimum atomic E-state index is -0.900. The molecular weight excluding hydrogens is 416 g/mol. The van der Waals surface area contributed by atoms with Crippen LogP contribution in [0.3, 0.4) is 0 Å². The van der Waals surface area contributed by atoms with Gasteiger partial charge in [0.2, 0.25) is 0 Å². The lowest BCUT2D eigenvalue weighted by Gasteiger charge is -2.16. The van der Waals surface area contributed by atoms with E-state index in [0.29, 0.717) is 25.2 Å². The molecule has 0 atom stereocenters. The molecule has 0 bridgehead atoms. The fourth-order valence-electron chi connectivity index (χ4n) is 4.65. The van der Waals surface area contributed by atoms with E-state index in [4.69, 9.17) is 9.47 Å². The molecule has 6 heteroatoms. The first kappa shape index (κ1) is 24.4. The lowest BCUT2D eigenvalue weighted by molar-refractivity contribution is 0.0694. The van der Waals surface area contributed by atoms with Crippen molar-refractivity contribution in [1.82, 2.24) is 9.88 Å². The number of carboxylic acid groups (broad SMARTS) is 1. The summed E-state index contributed by atoms with van der Waals surface area (Å²) in [4.78, 5) is 12.2. The molecule has 0 saturated carbocycles. The Balaban J connectivity index is 1.90. The molecule has 3 rings (SSSR count). The van der Waals surface area contributed by atoms with E-state index in [-0.39, 0.29) is 0 Å². The van der Waals surface area contributed by atoms with Crippen LogP contribution >= 0.6 is 0 Å². The van der Waals surface area contributed by atoms with Gasteiger partial charge in [-0.2, -0.15) is 0 Å². The highest BCUT2D eigenvalue weighted by atomic mass is 16.5. The van der Waals surface area contributed by atoms with Crippen molar-refractivity contribution < 1.29 is 19.4 Å². The van der Waals surface area contributed by atoms with Gasteiger partial charge in [0.1, 0.15) is 11.5 Å². The quantitative estimate of drug-likeness (QED) is 0.475. The van der Waals surface area contributed by atoms with Gasteiger partial charge in [0, 0.05) is 42.1 Å². The largest absolute Gasteiger partial charge is 0.497 e. The maximum absolute atomic E-state index is 12.2. The number of carbonyl (C=O) groups is 1. The van der Waals surface area contributed by atoms with Crippen LogP contribution in [0.5, 0.6) is 11.5 Å². The average Bonchev–Trinajstić information content (AvgIpc) is 3.00. The molecule has 0 unspecified atom stereocenters. The third kappa shape index (κ3) is 5.06. The topological polar surface area (TPSA) is 72.7 Å². The maximum Gasteiger partial charge on any atom is 0.337 e. The monoisotopic (exact) mass is 450 g/mol. The van der Waals surface area contributed by atoms with Crippen molar-refractivity contribution in [2.75, 3.05) is 14.2 Å². The van der Waals surface area contributed by atoms with Gasteiger partial charge in [-0.05, 0) is 69.5 Å². The second-order valence-electron chi connectivity index (χ2n) is 8.57. The molecule has 0 spiro atoms. The molecule has 0 aliphatic heterocycles. The number of benzene rings is 2. The molecule has 176 valence electrons. The average molecular weight is 451 g/mol. The summed E-state index contributed by atoms with van der Waals surface area (Å²) in [5.74, 6) is 0.612. The van der Waals surface area contributed by atoms with Crippen molar-refractivity contribution in [3.63, 3.8) is 0 Å². The molecule has 0 aliphatic rings. The molecule has 33 heavy (non-hydrogen) atoms. The summed E-state index contributed by atoms with van der Waals surface area (Å²) >= 11 is 0. The minimum absolute atomic E-state index is 0.375. The van der Waals surface area contributed by atoms with Crippen LogP contribution in [0.25, 0.3) is 0 Å². The first-order chi connectivity index (χ1) is 15.7. The van der Waals surface area contributed by atoms with Gasteiger partial charge in [-0.1, -0.05) is 17.7 Å². The summed E-state index contributed by atoms with van der Waals surface area (Å²) in [6.07, 6.45) is 0. The van der Waals surface area contributed by atoms with E-state index in [1.165, 1.54) is 22.3 Å². The van der Waals surface area contributed by atoms with Gasteiger partial charge in [0.05, 0.1) is 19.8 Å². The zero-order chi connectivity index (χ0) is 24.3. The highest BCUT2D eigenvalue weighted by Gasteiger charge is 2.23. The third-order valence-corrected chi connectivity index (χ3v) is 6.39. The molecule has 2 aromatic carbocycles. The first-order valence-corrected chi connectivity index (χ1v) is 11.1. The Hall–Kier alpha value is -3.25. The number of aryl methyl sites for hydroxylation is 3. The Bertz CT molecular complexity index is 1150. The molecule has 0 aliphatic carbocycles. The summed E-state index contributed by atoms with van der Waals surface area (Å²) in [6.45, 7) is 11.8. The molecule has 2 N–H and O–H groups in total. The van der Waals surface area contributed by atoms with Crippen molar-refractivity contribution >= 4 is 5.97 Å². The van der Waals surface area contributed by atoms with Crippen molar-refractivity contribution in [3.05, 3.63) is 80.7 Å². The molecule has 1 heterocycles. The van der Waals surface area contributed by atoms with Crippen molar-refractivity contribution in [2.24, 2.45) is 0 Å². The summed E-state index contributed by atoms with van der Waals surface area (Å²) in [5, 5.41) is 13.4. The standard InChI is InChI=1S/C27H34N2O4/c1-16-10-17(2)24(18(3)11-16)15-29-19(4)23(26(20(29)5)27(30)31)14-28-13-21-12-22(32-6)8-9-25(21)33-7/h8-12,28H,13-15H2,1-7H3,(H,30,31). The number of methoxy groups -OCH3 is 2. The Kier molecular flexibility index (Phi) is 7.49. The first-order valence-electron chi connectivity index (χ1n) is 11.1. The number of ether oxygens (including phenoxy) is 2. The predicted octanol–water partition coefficient (Wildman–Crippen LogP) is 5.08. The van der Waals surface area contributed by atoms with Gasteiger partial charge in [-0.15, -0.1) is 0 Å². The minimum Gasteiger partial charge on any atom is -0.497 e. The van der Waals surface area contributed by atoms with E-state index in [1.54, 1.807) is 14.2 Å². The lowest BCUT2D eigenvalue weighted by Crippen LogP contribution is -2.16. The Morgan fingerprint density at radius 3 is 2.15 bits per heavy atom. The predicted molar refractivity (Wildman–Crippen MR) is 131 cm³/mol. The van der Waals surface area contributed by atoms with Crippen molar-refractivity contribution in [1.29, 1.82) is 0 Å². The number of aromatic nitrogens is 1. The summed E-state index contributed by atoms with van der Waals surface area (Å²) in [7, 11) is 3.26. The van der Waals surface area contributed by atoms with E-state index in [1.807, 2.05) is 32.0 Å². The molecule has 6 nitrogen and oxygen atoms in total. The highest BCUT2D eigenvalue weighted by molar-refractivity contribution is 5.91. The number of nitrogens with one attached hydrogen (secondary N) is 1. The number of carboxylic acids is 1. The fourth-order valence-corrected chi connectivity index (χ4v) is 4.65. The molecule has 0 saturated heterocycles. The maximum atomic E-state index is 12.2. The fraction of sp³-hybridized carbons (Fsp3) is 0.370. The summed E-state index contributed by atoms with van der Waals surface area (Å²) in [5.41, 5.74) is 8.80. The second kappa shape index (κ2) is 10.1. The zero-order valence-corrected chi connectivity index (χ0v) is 20.6. The third-order valence-electron chi connectivity index (χ3n) is 6.39. The van der Waals surface area contributed by atoms with Gasteiger partial charge >= 0.3 is 5.97 Å². The Morgan fingerprint density at radius 1 is 0.909 bits per heavy atom. The Labute approximate surface area is 196 Å². The van der Waals surface area contributed by atoms with E-state index in [9.17, 15) is 9.90 Å².